The largest absolute Gasteiger partial charge is 0.497 e. The van der Waals surface area contributed by atoms with Gasteiger partial charge in [0.25, 0.3) is 0 Å². The molecule has 1 N–H and O–H groups in total. The van der Waals surface area contributed by atoms with Gasteiger partial charge in [0.05, 0.1) is 22.1 Å². The standard InChI is InChI=1S/C15H15Cl2NO4S/c1-21-11-3-2-4-12(9-11)22-8-7-18-23(19,20)13-5-6-14(16)15(17)10-13/h2-6,9-10,18H,7-8H2,1H3. The van der Waals surface area contributed by atoms with Gasteiger partial charge in [-0.25, -0.2) is 13.1 Å². The Hall–Kier alpha value is -1.47. The molecule has 0 aromatic heterocycles. The number of sulfonamides is 1. The van der Waals surface area contributed by atoms with E-state index in [2.05, 4.69) is 4.72 Å². The van der Waals surface area contributed by atoms with E-state index in [0.29, 0.717) is 16.5 Å². The van der Waals surface area contributed by atoms with Crippen molar-refractivity contribution >= 4 is 33.2 Å². The minimum atomic E-state index is -3.66. The minimum absolute atomic E-state index is 0.0493. The van der Waals surface area contributed by atoms with Crippen molar-refractivity contribution in [2.45, 2.75) is 4.90 Å². The molecule has 2 aromatic carbocycles. The third-order valence-corrected chi connectivity index (χ3v) is 5.10. The summed E-state index contributed by atoms with van der Waals surface area (Å²) in [5, 5.41) is 0.481. The predicted molar refractivity (Wildman–Crippen MR) is 90.1 cm³/mol. The number of ether oxygens (including phenoxy) is 2. The molecule has 0 saturated carbocycles. The van der Waals surface area contributed by atoms with Crippen molar-refractivity contribution in [3.05, 3.63) is 52.5 Å². The quantitative estimate of drug-likeness (QED) is 0.753. The monoisotopic (exact) mass is 375 g/mol. The van der Waals surface area contributed by atoms with E-state index in [9.17, 15) is 8.42 Å². The molecule has 0 aliphatic carbocycles. The maximum absolute atomic E-state index is 12.1. The van der Waals surface area contributed by atoms with Gasteiger partial charge >= 0.3 is 0 Å². The zero-order valence-electron chi connectivity index (χ0n) is 12.3. The van der Waals surface area contributed by atoms with Crippen LogP contribution < -0.4 is 14.2 Å². The molecule has 8 heteroatoms. The van der Waals surface area contributed by atoms with Crippen molar-refractivity contribution in [2.24, 2.45) is 0 Å². The summed E-state index contributed by atoms with van der Waals surface area (Å²) in [6, 6.07) is 11.2. The molecule has 2 rings (SSSR count). The Morgan fingerprint density at radius 3 is 2.48 bits per heavy atom. The first-order valence-corrected chi connectivity index (χ1v) is 8.88. The van der Waals surface area contributed by atoms with Crippen LogP contribution in [0.2, 0.25) is 10.0 Å². The molecule has 2 aromatic rings. The molecule has 0 heterocycles. The van der Waals surface area contributed by atoms with E-state index >= 15 is 0 Å². The molecule has 0 aliphatic heterocycles. The Bertz CT molecular complexity index is 781. The van der Waals surface area contributed by atoms with Gasteiger partial charge in [0.15, 0.2) is 0 Å². The van der Waals surface area contributed by atoms with Crippen LogP contribution in [-0.4, -0.2) is 28.7 Å². The molecule has 0 unspecified atom stereocenters. The molecule has 0 atom stereocenters. The summed E-state index contributed by atoms with van der Waals surface area (Å²) >= 11 is 11.6. The Morgan fingerprint density at radius 2 is 1.78 bits per heavy atom. The second-order valence-corrected chi connectivity index (χ2v) is 7.08. The minimum Gasteiger partial charge on any atom is -0.497 e. The van der Waals surface area contributed by atoms with E-state index in [0.717, 1.165) is 0 Å². The number of methoxy groups -OCH3 is 1. The molecular formula is C15H15Cl2NO4S. The zero-order chi connectivity index (χ0) is 16.9. The fourth-order valence-electron chi connectivity index (χ4n) is 1.76. The Morgan fingerprint density at radius 1 is 1.04 bits per heavy atom. The Balaban J connectivity index is 1.90. The van der Waals surface area contributed by atoms with Gasteiger partial charge < -0.3 is 9.47 Å². The number of halogens is 2. The van der Waals surface area contributed by atoms with Gasteiger partial charge in [0, 0.05) is 12.6 Å². The second kappa shape index (κ2) is 7.88. The van der Waals surface area contributed by atoms with Gasteiger partial charge in [-0.3, -0.25) is 0 Å². The highest BCUT2D eigenvalue weighted by molar-refractivity contribution is 7.89. The number of rotatable bonds is 7. The predicted octanol–water partition coefficient (Wildman–Crippen LogP) is 3.36. The average molecular weight is 376 g/mol. The van der Waals surface area contributed by atoms with Crippen LogP contribution in [0.4, 0.5) is 0 Å². The van der Waals surface area contributed by atoms with E-state index in [-0.39, 0.29) is 23.1 Å². The SMILES string of the molecule is COc1cccc(OCCNS(=O)(=O)c2ccc(Cl)c(Cl)c2)c1. The number of hydrogen-bond donors (Lipinski definition) is 1. The third kappa shape index (κ3) is 5.00. The van der Waals surface area contributed by atoms with Crippen LogP contribution in [0.1, 0.15) is 0 Å². The number of hydrogen-bond acceptors (Lipinski definition) is 4. The van der Waals surface area contributed by atoms with Crippen molar-refractivity contribution in [2.75, 3.05) is 20.3 Å². The lowest BCUT2D eigenvalue weighted by Gasteiger charge is -2.10. The summed E-state index contributed by atoms with van der Waals surface area (Å²) in [7, 11) is -2.10. The van der Waals surface area contributed by atoms with Crippen molar-refractivity contribution < 1.29 is 17.9 Å². The van der Waals surface area contributed by atoms with Crippen LogP contribution in [-0.2, 0) is 10.0 Å². The molecule has 0 amide bonds. The number of benzene rings is 2. The van der Waals surface area contributed by atoms with Crippen molar-refractivity contribution in [3.63, 3.8) is 0 Å². The van der Waals surface area contributed by atoms with Crippen LogP contribution in [0.5, 0.6) is 11.5 Å². The van der Waals surface area contributed by atoms with Crippen molar-refractivity contribution in [3.8, 4) is 11.5 Å². The highest BCUT2D eigenvalue weighted by Gasteiger charge is 2.14. The summed E-state index contributed by atoms with van der Waals surface area (Å²) in [5.41, 5.74) is 0. The van der Waals surface area contributed by atoms with E-state index in [1.807, 2.05) is 0 Å². The van der Waals surface area contributed by atoms with Gasteiger partial charge in [-0.1, -0.05) is 29.3 Å². The lowest BCUT2D eigenvalue weighted by Crippen LogP contribution is -2.28. The molecular weight excluding hydrogens is 361 g/mol. The van der Waals surface area contributed by atoms with Crippen molar-refractivity contribution in [1.82, 2.24) is 4.72 Å². The van der Waals surface area contributed by atoms with Crippen LogP contribution in [0.3, 0.4) is 0 Å². The number of nitrogens with one attached hydrogen (secondary N) is 1. The summed E-state index contributed by atoms with van der Waals surface area (Å²) < 4.78 is 37.2. The van der Waals surface area contributed by atoms with Gasteiger partial charge in [-0.05, 0) is 30.3 Å². The fourth-order valence-corrected chi connectivity index (χ4v) is 3.16. The summed E-state index contributed by atoms with van der Waals surface area (Å²) in [4.78, 5) is 0.0493. The Kier molecular flexibility index (Phi) is 6.12. The third-order valence-electron chi connectivity index (χ3n) is 2.91. The maximum Gasteiger partial charge on any atom is 0.240 e. The van der Waals surface area contributed by atoms with E-state index in [4.69, 9.17) is 32.7 Å². The molecule has 0 aliphatic rings. The lowest BCUT2D eigenvalue weighted by molar-refractivity contribution is 0.320. The summed E-state index contributed by atoms with van der Waals surface area (Å²) in [6.45, 7) is 0.285. The zero-order valence-corrected chi connectivity index (χ0v) is 14.6. The second-order valence-electron chi connectivity index (χ2n) is 4.50. The van der Waals surface area contributed by atoms with Gasteiger partial charge in [0.2, 0.25) is 10.0 Å². The van der Waals surface area contributed by atoms with E-state index < -0.39 is 10.0 Å². The van der Waals surface area contributed by atoms with Crippen LogP contribution >= 0.6 is 23.2 Å². The van der Waals surface area contributed by atoms with Gasteiger partial charge in [-0.15, -0.1) is 0 Å². The van der Waals surface area contributed by atoms with Crippen LogP contribution in [0.15, 0.2) is 47.4 Å². The molecule has 0 fully saturated rings. The molecule has 124 valence electrons. The summed E-state index contributed by atoms with van der Waals surface area (Å²) in [6.07, 6.45) is 0. The highest BCUT2D eigenvalue weighted by Crippen LogP contribution is 2.24. The first-order valence-electron chi connectivity index (χ1n) is 6.64. The fraction of sp³-hybridized carbons (Fsp3) is 0.200. The molecule has 0 radical (unpaired) electrons. The van der Waals surface area contributed by atoms with Gasteiger partial charge in [0.1, 0.15) is 18.1 Å². The van der Waals surface area contributed by atoms with E-state index in [1.165, 1.54) is 18.2 Å². The normalized spacial score (nSPS) is 11.3. The average Bonchev–Trinajstić information content (AvgIpc) is 2.54. The highest BCUT2D eigenvalue weighted by atomic mass is 35.5. The molecule has 23 heavy (non-hydrogen) atoms. The smallest absolute Gasteiger partial charge is 0.240 e. The van der Waals surface area contributed by atoms with E-state index in [1.54, 1.807) is 31.4 Å². The molecule has 0 spiro atoms. The summed E-state index contributed by atoms with van der Waals surface area (Å²) in [5.74, 6) is 1.26. The molecule has 0 bridgehead atoms. The van der Waals surface area contributed by atoms with Crippen LogP contribution in [0, 0.1) is 0 Å². The van der Waals surface area contributed by atoms with Gasteiger partial charge in [-0.2, -0.15) is 0 Å². The first-order chi connectivity index (χ1) is 10.9. The van der Waals surface area contributed by atoms with Crippen molar-refractivity contribution in [1.29, 1.82) is 0 Å². The molecule has 5 nitrogen and oxygen atoms in total. The molecule has 0 saturated heterocycles. The first kappa shape index (κ1) is 17.9. The topological polar surface area (TPSA) is 64.6 Å². The maximum atomic E-state index is 12.1. The lowest BCUT2D eigenvalue weighted by atomic mass is 10.3. The Labute approximate surface area is 145 Å². The van der Waals surface area contributed by atoms with Crippen LogP contribution in [0.25, 0.3) is 0 Å².